The Hall–Kier alpha value is -2.73. The Labute approximate surface area is 146 Å². The van der Waals surface area contributed by atoms with Gasteiger partial charge < -0.3 is 24.3 Å². The van der Waals surface area contributed by atoms with Crippen LogP contribution in [0.2, 0.25) is 0 Å². The number of nitrogens with one attached hydrogen (secondary N) is 1. The van der Waals surface area contributed by atoms with E-state index in [0.717, 1.165) is 5.56 Å². The molecule has 6 heteroatoms. The smallest absolute Gasteiger partial charge is 0.255 e. The normalized spacial score (nSPS) is 12.3. The van der Waals surface area contributed by atoms with Gasteiger partial charge in [-0.3, -0.25) is 4.79 Å². The average Bonchev–Trinajstić information content (AvgIpc) is 3.07. The molecule has 1 aliphatic rings. The number of methoxy groups -OCH3 is 1. The first-order valence-corrected chi connectivity index (χ1v) is 8.06. The number of anilines is 1. The zero-order valence-electron chi connectivity index (χ0n) is 14.5. The molecule has 0 aromatic heterocycles. The van der Waals surface area contributed by atoms with Crippen molar-refractivity contribution in [2.24, 2.45) is 0 Å². The van der Waals surface area contributed by atoms with Gasteiger partial charge in [0.25, 0.3) is 5.91 Å². The van der Waals surface area contributed by atoms with E-state index in [1.807, 2.05) is 13.8 Å². The molecule has 0 fully saturated rings. The first-order valence-electron chi connectivity index (χ1n) is 8.06. The third-order valence-corrected chi connectivity index (χ3v) is 3.75. The molecule has 1 N–H and O–H groups in total. The molecule has 0 spiro atoms. The van der Waals surface area contributed by atoms with Crippen molar-refractivity contribution in [2.75, 3.05) is 19.2 Å². The molecule has 1 heterocycles. The van der Waals surface area contributed by atoms with E-state index in [1.165, 1.54) is 0 Å². The Kier molecular flexibility index (Phi) is 5.09. The maximum Gasteiger partial charge on any atom is 0.255 e. The number of hydrogen-bond donors (Lipinski definition) is 1. The number of amides is 1. The third kappa shape index (κ3) is 4.03. The SMILES string of the molecule is COc1ccc(C(=O)Nc2ccc3c(c2)OCO3)cc1COC(C)C. The minimum atomic E-state index is -0.215. The van der Waals surface area contributed by atoms with Gasteiger partial charge in [-0.2, -0.15) is 0 Å². The highest BCUT2D eigenvalue weighted by Crippen LogP contribution is 2.34. The van der Waals surface area contributed by atoms with Crippen LogP contribution in [-0.2, 0) is 11.3 Å². The number of ether oxygens (including phenoxy) is 4. The summed E-state index contributed by atoms with van der Waals surface area (Å²) in [5.41, 5.74) is 2.00. The van der Waals surface area contributed by atoms with E-state index in [1.54, 1.807) is 43.5 Å². The van der Waals surface area contributed by atoms with Gasteiger partial charge in [0.15, 0.2) is 11.5 Å². The second kappa shape index (κ2) is 7.44. The molecule has 0 atom stereocenters. The summed E-state index contributed by atoms with van der Waals surface area (Å²) in [5.74, 6) is 1.78. The molecular weight excluding hydrogens is 322 g/mol. The van der Waals surface area contributed by atoms with Crippen LogP contribution >= 0.6 is 0 Å². The number of fused-ring (bicyclic) bond motifs is 1. The van der Waals surface area contributed by atoms with Crippen molar-refractivity contribution in [3.05, 3.63) is 47.5 Å². The number of carbonyl (C=O) groups is 1. The lowest BCUT2D eigenvalue weighted by atomic mass is 10.1. The standard InChI is InChI=1S/C19H21NO5/c1-12(2)23-10-14-8-13(4-6-16(14)22-3)19(21)20-15-5-7-17-18(9-15)25-11-24-17/h4-9,12H,10-11H2,1-3H3,(H,20,21). The summed E-state index contributed by atoms with van der Waals surface area (Å²) in [6.07, 6.45) is 0.0934. The van der Waals surface area contributed by atoms with Crippen LogP contribution in [0.5, 0.6) is 17.2 Å². The van der Waals surface area contributed by atoms with E-state index in [4.69, 9.17) is 18.9 Å². The predicted molar refractivity (Wildman–Crippen MR) is 93.4 cm³/mol. The van der Waals surface area contributed by atoms with Gasteiger partial charge in [0.2, 0.25) is 6.79 Å². The molecular formula is C19H21NO5. The van der Waals surface area contributed by atoms with Gasteiger partial charge in [-0.05, 0) is 44.2 Å². The quantitative estimate of drug-likeness (QED) is 0.868. The molecule has 6 nitrogen and oxygen atoms in total. The van der Waals surface area contributed by atoms with E-state index in [0.29, 0.717) is 35.1 Å². The number of benzene rings is 2. The number of rotatable bonds is 6. The monoisotopic (exact) mass is 343 g/mol. The Bertz CT molecular complexity index is 772. The summed E-state index contributed by atoms with van der Waals surface area (Å²) in [5, 5.41) is 2.86. The van der Waals surface area contributed by atoms with Crippen molar-refractivity contribution < 1.29 is 23.7 Å². The van der Waals surface area contributed by atoms with Gasteiger partial charge in [0.1, 0.15) is 5.75 Å². The highest BCUT2D eigenvalue weighted by Gasteiger charge is 2.15. The summed E-state index contributed by atoms with van der Waals surface area (Å²) in [6, 6.07) is 10.6. The van der Waals surface area contributed by atoms with Gasteiger partial charge in [-0.1, -0.05) is 0 Å². The van der Waals surface area contributed by atoms with Crippen LogP contribution in [0.15, 0.2) is 36.4 Å². The molecule has 2 aromatic carbocycles. The van der Waals surface area contributed by atoms with Gasteiger partial charge >= 0.3 is 0 Å². The Balaban J connectivity index is 1.76. The molecule has 2 aromatic rings. The molecule has 1 aliphatic heterocycles. The summed E-state index contributed by atoms with van der Waals surface area (Å²) in [4.78, 5) is 12.5. The molecule has 3 rings (SSSR count). The Morgan fingerprint density at radius 1 is 1.16 bits per heavy atom. The lowest BCUT2D eigenvalue weighted by molar-refractivity contribution is 0.0644. The number of hydrogen-bond acceptors (Lipinski definition) is 5. The lowest BCUT2D eigenvalue weighted by Gasteiger charge is -2.13. The van der Waals surface area contributed by atoms with Crippen molar-refractivity contribution in [3.8, 4) is 17.2 Å². The van der Waals surface area contributed by atoms with Crippen LogP contribution in [-0.4, -0.2) is 25.9 Å². The van der Waals surface area contributed by atoms with Crippen molar-refractivity contribution in [1.29, 1.82) is 0 Å². The maximum atomic E-state index is 12.5. The van der Waals surface area contributed by atoms with Crippen LogP contribution in [0.3, 0.4) is 0 Å². The van der Waals surface area contributed by atoms with Gasteiger partial charge in [0.05, 0.1) is 19.8 Å². The van der Waals surface area contributed by atoms with Crippen molar-refractivity contribution >= 4 is 11.6 Å². The van der Waals surface area contributed by atoms with Crippen LogP contribution in [0, 0.1) is 0 Å². The van der Waals surface area contributed by atoms with Crippen LogP contribution in [0.1, 0.15) is 29.8 Å². The van der Waals surface area contributed by atoms with E-state index in [-0.39, 0.29) is 18.8 Å². The fourth-order valence-electron chi connectivity index (χ4n) is 2.47. The number of carbonyl (C=O) groups excluding carboxylic acids is 1. The second-order valence-corrected chi connectivity index (χ2v) is 5.91. The highest BCUT2D eigenvalue weighted by molar-refractivity contribution is 6.04. The maximum absolute atomic E-state index is 12.5. The van der Waals surface area contributed by atoms with Crippen molar-refractivity contribution in [2.45, 2.75) is 26.6 Å². The second-order valence-electron chi connectivity index (χ2n) is 5.91. The molecule has 0 aliphatic carbocycles. The molecule has 0 unspecified atom stereocenters. The molecule has 0 saturated heterocycles. The van der Waals surface area contributed by atoms with Crippen LogP contribution < -0.4 is 19.5 Å². The van der Waals surface area contributed by atoms with Crippen LogP contribution in [0.25, 0.3) is 0 Å². The average molecular weight is 343 g/mol. The molecule has 0 radical (unpaired) electrons. The van der Waals surface area contributed by atoms with E-state index in [2.05, 4.69) is 5.32 Å². The molecule has 0 bridgehead atoms. The lowest BCUT2D eigenvalue weighted by Crippen LogP contribution is -2.13. The summed E-state index contributed by atoms with van der Waals surface area (Å²) < 4.78 is 21.6. The van der Waals surface area contributed by atoms with E-state index >= 15 is 0 Å². The first-order chi connectivity index (χ1) is 12.1. The van der Waals surface area contributed by atoms with Gasteiger partial charge in [-0.25, -0.2) is 0 Å². The van der Waals surface area contributed by atoms with Crippen LogP contribution in [0.4, 0.5) is 5.69 Å². The molecule has 25 heavy (non-hydrogen) atoms. The van der Waals surface area contributed by atoms with E-state index < -0.39 is 0 Å². The van der Waals surface area contributed by atoms with Gasteiger partial charge in [0, 0.05) is 22.9 Å². The Morgan fingerprint density at radius 3 is 2.72 bits per heavy atom. The van der Waals surface area contributed by atoms with Crippen molar-refractivity contribution in [3.63, 3.8) is 0 Å². The summed E-state index contributed by atoms with van der Waals surface area (Å²) in [7, 11) is 1.60. The Morgan fingerprint density at radius 2 is 1.96 bits per heavy atom. The molecule has 0 saturated carbocycles. The fraction of sp³-hybridized carbons (Fsp3) is 0.316. The van der Waals surface area contributed by atoms with Crippen molar-refractivity contribution in [1.82, 2.24) is 0 Å². The third-order valence-electron chi connectivity index (χ3n) is 3.75. The summed E-state index contributed by atoms with van der Waals surface area (Å²) in [6.45, 7) is 4.50. The fourth-order valence-corrected chi connectivity index (χ4v) is 2.47. The topological polar surface area (TPSA) is 66.0 Å². The zero-order chi connectivity index (χ0) is 17.8. The first kappa shape index (κ1) is 17.1. The zero-order valence-corrected chi connectivity index (χ0v) is 14.5. The minimum absolute atomic E-state index is 0.0934. The van der Waals surface area contributed by atoms with Gasteiger partial charge in [-0.15, -0.1) is 0 Å². The molecule has 1 amide bonds. The highest BCUT2D eigenvalue weighted by atomic mass is 16.7. The largest absolute Gasteiger partial charge is 0.496 e. The predicted octanol–water partition coefficient (Wildman–Crippen LogP) is 3.60. The minimum Gasteiger partial charge on any atom is -0.496 e. The summed E-state index contributed by atoms with van der Waals surface area (Å²) >= 11 is 0. The van der Waals surface area contributed by atoms with E-state index in [9.17, 15) is 4.79 Å². The molecule has 132 valence electrons.